The Kier molecular flexibility index (Phi) is 5.03. The van der Waals surface area contributed by atoms with E-state index in [4.69, 9.17) is 4.74 Å². The summed E-state index contributed by atoms with van der Waals surface area (Å²) in [5.41, 5.74) is 0. The molecule has 2 rings (SSSR count). The van der Waals surface area contributed by atoms with E-state index in [-0.39, 0.29) is 0 Å². The minimum absolute atomic E-state index is 0.427. The molecule has 1 aliphatic heterocycles. The van der Waals surface area contributed by atoms with E-state index < -0.39 is 0 Å². The highest BCUT2D eigenvalue weighted by Gasteiger charge is 2.29. The van der Waals surface area contributed by atoms with Gasteiger partial charge < -0.3 is 10.1 Å². The van der Waals surface area contributed by atoms with Crippen molar-refractivity contribution in [2.75, 3.05) is 13.2 Å². The van der Waals surface area contributed by atoms with Crippen molar-refractivity contribution >= 4 is 27.3 Å². The van der Waals surface area contributed by atoms with E-state index in [1.807, 2.05) is 11.3 Å². The van der Waals surface area contributed by atoms with E-state index in [1.165, 1.54) is 15.8 Å². The summed E-state index contributed by atoms with van der Waals surface area (Å²) in [5.74, 6) is 0.658. The topological polar surface area (TPSA) is 21.3 Å². The molecule has 1 N–H and O–H groups in total. The molecule has 1 saturated heterocycles. The lowest BCUT2D eigenvalue weighted by molar-refractivity contribution is 0.117. The molecule has 1 aliphatic rings. The molecule has 0 aromatic carbocycles. The second-order valence-electron chi connectivity index (χ2n) is 4.74. The third kappa shape index (κ3) is 3.78. The molecule has 17 heavy (non-hydrogen) atoms. The average Bonchev–Trinajstić information content (AvgIpc) is 2.87. The van der Waals surface area contributed by atoms with Crippen LogP contribution in [0, 0.1) is 5.92 Å². The summed E-state index contributed by atoms with van der Waals surface area (Å²) in [5, 5.41) is 5.77. The second-order valence-corrected chi connectivity index (χ2v) is 6.65. The number of hydrogen-bond donors (Lipinski definition) is 1. The Morgan fingerprint density at radius 1 is 1.65 bits per heavy atom. The zero-order valence-corrected chi connectivity index (χ0v) is 12.8. The zero-order valence-electron chi connectivity index (χ0n) is 10.4. The fraction of sp³-hybridized carbons (Fsp3) is 0.692. The smallest absolute Gasteiger partial charge is 0.0551 e. The number of rotatable bonds is 5. The maximum Gasteiger partial charge on any atom is 0.0551 e. The first-order valence-electron chi connectivity index (χ1n) is 6.27. The van der Waals surface area contributed by atoms with Crippen molar-refractivity contribution in [3.8, 4) is 0 Å². The largest absolute Gasteiger partial charge is 0.378 e. The van der Waals surface area contributed by atoms with E-state index in [2.05, 4.69) is 46.5 Å². The minimum atomic E-state index is 0.427. The first-order chi connectivity index (χ1) is 8.19. The van der Waals surface area contributed by atoms with Crippen LogP contribution in [0.5, 0.6) is 0 Å². The van der Waals surface area contributed by atoms with Crippen molar-refractivity contribution in [1.29, 1.82) is 0 Å². The van der Waals surface area contributed by atoms with Gasteiger partial charge in [-0.1, -0.05) is 6.92 Å². The van der Waals surface area contributed by atoms with E-state index in [0.717, 1.165) is 19.6 Å². The predicted molar refractivity (Wildman–Crippen MR) is 76.7 cm³/mol. The standard InChI is InChI=1S/C13H20BrNOS/c1-3-15-13(10-4-9(2)16-7-10)6-12-5-11(14)8-17-12/h5,8-10,13,15H,3-4,6-7H2,1-2H3. The summed E-state index contributed by atoms with van der Waals surface area (Å²) in [6.45, 7) is 6.29. The molecule has 3 atom stereocenters. The van der Waals surface area contributed by atoms with E-state index in [9.17, 15) is 0 Å². The van der Waals surface area contributed by atoms with Crippen molar-refractivity contribution < 1.29 is 4.74 Å². The maximum absolute atomic E-state index is 5.69. The van der Waals surface area contributed by atoms with Crippen molar-refractivity contribution in [3.63, 3.8) is 0 Å². The van der Waals surface area contributed by atoms with Crippen LogP contribution in [0.4, 0.5) is 0 Å². The van der Waals surface area contributed by atoms with Crippen molar-refractivity contribution in [1.82, 2.24) is 5.32 Å². The molecule has 3 unspecified atom stereocenters. The summed E-state index contributed by atoms with van der Waals surface area (Å²) in [4.78, 5) is 1.45. The number of thiophene rings is 1. The van der Waals surface area contributed by atoms with Gasteiger partial charge in [0.25, 0.3) is 0 Å². The molecule has 0 amide bonds. The van der Waals surface area contributed by atoms with Crippen LogP contribution in [0.15, 0.2) is 15.9 Å². The number of ether oxygens (including phenoxy) is 1. The van der Waals surface area contributed by atoms with Crippen molar-refractivity contribution in [3.05, 3.63) is 20.8 Å². The monoisotopic (exact) mass is 317 g/mol. The predicted octanol–water partition coefficient (Wildman–Crippen LogP) is 3.46. The summed E-state index contributed by atoms with van der Waals surface area (Å²) < 4.78 is 6.89. The molecule has 1 aromatic heterocycles. The molecule has 2 nitrogen and oxygen atoms in total. The van der Waals surface area contributed by atoms with Gasteiger partial charge in [0.2, 0.25) is 0 Å². The SMILES string of the molecule is CCNC(Cc1cc(Br)cs1)C1COC(C)C1. The fourth-order valence-electron chi connectivity index (χ4n) is 2.48. The van der Waals surface area contributed by atoms with Crippen LogP contribution in [0.1, 0.15) is 25.1 Å². The maximum atomic E-state index is 5.69. The van der Waals surface area contributed by atoms with Gasteiger partial charge in [-0.3, -0.25) is 0 Å². The van der Waals surface area contributed by atoms with Gasteiger partial charge >= 0.3 is 0 Å². The molecule has 0 radical (unpaired) electrons. The van der Waals surface area contributed by atoms with Gasteiger partial charge in [0, 0.05) is 26.7 Å². The van der Waals surface area contributed by atoms with Crippen LogP contribution >= 0.6 is 27.3 Å². The van der Waals surface area contributed by atoms with Crippen molar-refractivity contribution in [2.45, 2.75) is 38.8 Å². The van der Waals surface area contributed by atoms with E-state index in [0.29, 0.717) is 18.1 Å². The highest BCUT2D eigenvalue weighted by molar-refractivity contribution is 9.10. The van der Waals surface area contributed by atoms with Crippen LogP contribution < -0.4 is 5.32 Å². The lowest BCUT2D eigenvalue weighted by Gasteiger charge is -2.22. The van der Waals surface area contributed by atoms with E-state index >= 15 is 0 Å². The number of halogens is 1. The van der Waals surface area contributed by atoms with Gasteiger partial charge in [0.05, 0.1) is 12.7 Å². The van der Waals surface area contributed by atoms with Gasteiger partial charge in [0.1, 0.15) is 0 Å². The summed E-state index contributed by atoms with van der Waals surface area (Å²) in [7, 11) is 0. The molecule has 1 aromatic rings. The van der Waals surface area contributed by atoms with Crippen molar-refractivity contribution in [2.24, 2.45) is 5.92 Å². The normalized spacial score (nSPS) is 26.3. The van der Waals surface area contributed by atoms with Gasteiger partial charge in [-0.25, -0.2) is 0 Å². The average molecular weight is 318 g/mol. The molecule has 1 fully saturated rings. The van der Waals surface area contributed by atoms with Crippen LogP contribution in [-0.4, -0.2) is 25.3 Å². The van der Waals surface area contributed by atoms with Crippen LogP contribution in [0.2, 0.25) is 0 Å². The highest BCUT2D eigenvalue weighted by atomic mass is 79.9. The molecule has 0 bridgehead atoms. The first kappa shape index (κ1) is 13.5. The number of nitrogens with one attached hydrogen (secondary N) is 1. The molecule has 0 saturated carbocycles. The number of hydrogen-bond acceptors (Lipinski definition) is 3. The number of likely N-dealkylation sites (N-methyl/N-ethyl adjacent to an activating group) is 1. The molecular weight excluding hydrogens is 298 g/mol. The lowest BCUT2D eigenvalue weighted by atomic mass is 9.94. The summed E-state index contributed by atoms with van der Waals surface area (Å²) >= 11 is 5.36. The minimum Gasteiger partial charge on any atom is -0.378 e. The molecule has 0 spiro atoms. The summed E-state index contributed by atoms with van der Waals surface area (Å²) in [6.07, 6.45) is 2.73. The molecule has 2 heterocycles. The van der Waals surface area contributed by atoms with Gasteiger partial charge in [0.15, 0.2) is 0 Å². The Balaban J connectivity index is 1.97. The molecular formula is C13H20BrNOS. The molecule has 0 aliphatic carbocycles. The Bertz CT molecular complexity index is 355. The second kappa shape index (κ2) is 6.32. The highest BCUT2D eigenvalue weighted by Crippen LogP contribution is 2.27. The lowest BCUT2D eigenvalue weighted by Crippen LogP contribution is -2.38. The molecule has 96 valence electrons. The summed E-state index contributed by atoms with van der Waals surface area (Å²) in [6, 6.07) is 2.78. The Morgan fingerprint density at radius 2 is 2.47 bits per heavy atom. The fourth-order valence-corrected chi connectivity index (χ4v) is 3.99. The van der Waals surface area contributed by atoms with E-state index in [1.54, 1.807) is 0 Å². The quantitative estimate of drug-likeness (QED) is 0.898. The van der Waals surface area contributed by atoms with Crippen LogP contribution in [-0.2, 0) is 11.2 Å². The van der Waals surface area contributed by atoms with Gasteiger partial charge in [-0.15, -0.1) is 11.3 Å². The third-order valence-electron chi connectivity index (χ3n) is 3.31. The Hall–Kier alpha value is 0.1000. The van der Waals surface area contributed by atoms with Crippen LogP contribution in [0.25, 0.3) is 0 Å². The van der Waals surface area contributed by atoms with Crippen LogP contribution in [0.3, 0.4) is 0 Å². The first-order valence-corrected chi connectivity index (χ1v) is 7.94. The Labute approximate surface area is 116 Å². The Morgan fingerprint density at radius 3 is 3.00 bits per heavy atom. The van der Waals surface area contributed by atoms with Gasteiger partial charge in [-0.05, 0) is 48.3 Å². The molecule has 4 heteroatoms. The van der Waals surface area contributed by atoms with Gasteiger partial charge in [-0.2, -0.15) is 0 Å². The zero-order chi connectivity index (χ0) is 12.3. The third-order valence-corrected chi connectivity index (χ3v) is 5.03.